The fraction of sp³-hybridized carbons (Fsp3) is 0.818. The van der Waals surface area contributed by atoms with Gasteiger partial charge in [-0.3, -0.25) is 9.59 Å². The van der Waals surface area contributed by atoms with Crippen molar-refractivity contribution in [2.24, 2.45) is 17.6 Å². The molecule has 0 fully saturated rings. The van der Waals surface area contributed by atoms with E-state index in [0.29, 0.717) is 18.9 Å². The summed E-state index contributed by atoms with van der Waals surface area (Å²) in [6, 6.07) is 0. The SMILES string of the molecule is COC(=O)C[C@@H](CNC(=O)CN)CC(C)C. The highest BCUT2D eigenvalue weighted by molar-refractivity contribution is 5.77. The van der Waals surface area contributed by atoms with Crippen LogP contribution in [-0.2, 0) is 14.3 Å². The first-order valence-corrected chi connectivity index (χ1v) is 5.53. The Morgan fingerprint density at radius 2 is 2.00 bits per heavy atom. The summed E-state index contributed by atoms with van der Waals surface area (Å²) in [5.41, 5.74) is 5.18. The fourth-order valence-electron chi connectivity index (χ4n) is 1.55. The number of amides is 1. The lowest BCUT2D eigenvalue weighted by Gasteiger charge is -2.18. The van der Waals surface area contributed by atoms with Gasteiger partial charge in [0.1, 0.15) is 0 Å². The van der Waals surface area contributed by atoms with Crippen LogP contribution in [0.1, 0.15) is 26.7 Å². The van der Waals surface area contributed by atoms with Gasteiger partial charge in [0.05, 0.1) is 13.7 Å². The molecule has 16 heavy (non-hydrogen) atoms. The van der Waals surface area contributed by atoms with Crippen molar-refractivity contribution >= 4 is 11.9 Å². The maximum absolute atomic E-state index is 11.2. The smallest absolute Gasteiger partial charge is 0.305 e. The average Bonchev–Trinajstić information content (AvgIpc) is 2.24. The Labute approximate surface area is 96.7 Å². The summed E-state index contributed by atoms with van der Waals surface area (Å²) in [6.07, 6.45) is 1.21. The molecule has 94 valence electrons. The van der Waals surface area contributed by atoms with E-state index in [1.807, 2.05) is 0 Å². The number of hydrogen-bond donors (Lipinski definition) is 2. The van der Waals surface area contributed by atoms with Crippen molar-refractivity contribution in [2.45, 2.75) is 26.7 Å². The lowest BCUT2D eigenvalue weighted by Crippen LogP contribution is -2.35. The van der Waals surface area contributed by atoms with Crippen molar-refractivity contribution in [1.29, 1.82) is 0 Å². The van der Waals surface area contributed by atoms with Gasteiger partial charge in [0, 0.05) is 13.0 Å². The summed E-state index contributed by atoms with van der Waals surface area (Å²) in [4.78, 5) is 22.2. The first-order chi connectivity index (χ1) is 7.49. The molecule has 0 aromatic rings. The summed E-state index contributed by atoms with van der Waals surface area (Å²) >= 11 is 0. The maximum atomic E-state index is 11.2. The summed E-state index contributed by atoms with van der Waals surface area (Å²) in [6.45, 7) is 4.61. The van der Waals surface area contributed by atoms with E-state index < -0.39 is 0 Å². The molecule has 0 aromatic carbocycles. The molecule has 0 saturated heterocycles. The summed E-state index contributed by atoms with van der Waals surface area (Å²) < 4.78 is 4.62. The van der Waals surface area contributed by atoms with Crippen LogP contribution in [0.2, 0.25) is 0 Å². The minimum Gasteiger partial charge on any atom is -0.469 e. The highest BCUT2D eigenvalue weighted by Crippen LogP contribution is 2.15. The molecule has 0 unspecified atom stereocenters. The Balaban J connectivity index is 4.09. The van der Waals surface area contributed by atoms with Crippen molar-refractivity contribution in [3.63, 3.8) is 0 Å². The molecular formula is C11H22N2O3. The molecule has 5 nitrogen and oxygen atoms in total. The van der Waals surface area contributed by atoms with E-state index in [4.69, 9.17) is 5.73 Å². The van der Waals surface area contributed by atoms with Crippen molar-refractivity contribution < 1.29 is 14.3 Å². The van der Waals surface area contributed by atoms with Gasteiger partial charge in [-0.2, -0.15) is 0 Å². The van der Waals surface area contributed by atoms with Crippen LogP contribution in [0.25, 0.3) is 0 Å². The number of rotatable bonds is 7. The predicted molar refractivity (Wildman–Crippen MR) is 61.6 cm³/mol. The molecule has 0 spiro atoms. The molecule has 1 atom stereocenters. The van der Waals surface area contributed by atoms with E-state index in [0.717, 1.165) is 6.42 Å². The molecule has 0 radical (unpaired) electrons. The van der Waals surface area contributed by atoms with Gasteiger partial charge in [0.15, 0.2) is 0 Å². The third-order valence-corrected chi connectivity index (χ3v) is 2.26. The van der Waals surface area contributed by atoms with E-state index in [2.05, 4.69) is 23.9 Å². The number of carbonyl (C=O) groups is 2. The molecule has 0 aromatic heterocycles. The number of nitrogens with two attached hydrogens (primary N) is 1. The lowest BCUT2D eigenvalue weighted by molar-refractivity contribution is -0.142. The third kappa shape index (κ3) is 7.23. The number of ether oxygens (including phenoxy) is 1. The highest BCUT2D eigenvalue weighted by Gasteiger charge is 2.16. The van der Waals surface area contributed by atoms with Gasteiger partial charge in [0.2, 0.25) is 5.91 Å². The quantitative estimate of drug-likeness (QED) is 0.616. The molecule has 0 aliphatic carbocycles. The number of nitrogens with one attached hydrogen (secondary N) is 1. The molecule has 3 N–H and O–H groups in total. The first-order valence-electron chi connectivity index (χ1n) is 5.53. The van der Waals surface area contributed by atoms with E-state index in [-0.39, 0.29) is 24.3 Å². The normalized spacial score (nSPS) is 12.3. The lowest BCUT2D eigenvalue weighted by atomic mass is 9.94. The third-order valence-electron chi connectivity index (χ3n) is 2.26. The minimum absolute atomic E-state index is 0.0212. The zero-order valence-electron chi connectivity index (χ0n) is 10.3. The highest BCUT2D eigenvalue weighted by atomic mass is 16.5. The molecule has 0 saturated carbocycles. The monoisotopic (exact) mass is 230 g/mol. The second-order valence-electron chi connectivity index (χ2n) is 4.28. The molecular weight excluding hydrogens is 208 g/mol. The van der Waals surface area contributed by atoms with Crippen LogP contribution in [-0.4, -0.2) is 32.1 Å². The van der Waals surface area contributed by atoms with Crippen LogP contribution in [0, 0.1) is 11.8 Å². The summed E-state index contributed by atoms with van der Waals surface area (Å²) in [5, 5.41) is 2.70. The van der Waals surface area contributed by atoms with E-state index in [1.165, 1.54) is 7.11 Å². The van der Waals surface area contributed by atoms with Gasteiger partial charge in [0.25, 0.3) is 0 Å². The standard InChI is InChI=1S/C11H22N2O3/c1-8(2)4-9(5-11(15)16-3)7-13-10(14)6-12/h8-9H,4-7,12H2,1-3H3,(H,13,14)/t9-/m0/s1. The molecule has 0 heterocycles. The Morgan fingerprint density at radius 1 is 1.38 bits per heavy atom. The van der Waals surface area contributed by atoms with Crippen LogP contribution in [0.4, 0.5) is 0 Å². The van der Waals surface area contributed by atoms with Gasteiger partial charge in [-0.25, -0.2) is 0 Å². The zero-order valence-corrected chi connectivity index (χ0v) is 10.3. The Kier molecular flexibility index (Phi) is 7.54. The van der Waals surface area contributed by atoms with Gasteiger partial charge < -0.3 is 15.8 Å². The van der Waals surface area contributed by atoms with Crippen LogP contribution < -0.4 is 11.1 Å². The van der Waals surface area contributed by atoms with Crippen molar-refractivity contribution in [3.05, 3.63) is 0 Å². The second-order valence-corrected chi connectivity index (χ2v) is 4.28. The maximum Gasteiger partial charge on any atom is 0.305 e. The van der Waals surface area contributed by atoms with Crippen LogP contribution in [0.15, 0.2) is 0 Å². The van der Waals surface area contributed by atoms with Crippen LogP contribution in [0.3, 0.4) is 0 Å². The predicted octanol–water partition coefficient (Wildman–Crippen LogP) is 0.287. The Morgan fingerprint density at radius 3 is 2.44 bits per heavy atom. The summed E-state index contributed by atoms with van der Waals surface area (Å²) in [7, 11) is 1.37. The molecule has 0 rings (SSSR count). The van der Waals surface area contributed by atoms with E-state index >= 15 is 0 Å². The van der Waals surface area contributed by atoms with E-state index in [9.17, 15) is 9.59 Å². The Bertz CT molecular complexity index is 229. The number of carbonyl (C=O) groups excluding carboxylic acids is 2. The summed E-state index contributed by atoms with van der Waals surface area (Å²) in [5.74, 6) is 0.152. The molecule has 1 amide bonds. The van der Waals surface area contributed by atoms with Crippen LogP contribution >= 0.6 is 0 Å². The molecule has 5 heteroatoms. The number of hydrogen-bond acceptors (Lipinski definition) is 4. The minimum atomic E-state index is -0.243. The van der Waals surface area contributed by atoms with Gasteiger partial charge >= 0.3 is 5.97 Å². The van der Waals surface area contributed by atoms with Gasteiger partial charge in [-0.15, -0.1) is 0 Å². The van der Waals surface area contributed by atoms with Gasteiger partial charge in [-0.1, -0.05) is 13.8 Å². The molecule has 0 bridgehead atoms. The fourth-order valence-corrected chi connectivity index (χ4v) is 1.55. The topological polar surface area (TPSA) is 81.4 Å². The van der Waals surface area contributed by atoms with Crippen molar-refractivity contribution in [2.75, 3.05) is 20.2 Å². The molecule has 0 aliphatic rings. The number of methoxy groups -OCH3 is 1. The van der Waals surface area contributed by atoms with Crippen molar-refractivity contribution in [3.8, 4) is 0 Å². The second kappa shape index (κ2) is 8.10. The average molecular weight is 230 g/mol. The number of esters is 1. The largest absolute Gasteiger partial charge is 0.469 e. The zero-order chi connectivity index (χ0) is 12.6. The molecule has 0 aliphatic heterocycles. The van der Waals surface area contributed by atoms with Crippen LogP contribution in [0.5, 0.6) is 0 Å². The first kappa shape index (κ1) is 14.9. The van der Waals surface area contributed by atoms with Crippen molar-refractivity contribution in [1.82, 2.24) is 5.32 Å². The Hall–Kier alpha value is -1.10. The van der Waals surface area contributed by atoms with Gasteiger partial charge in [-0.05, 0) is 18.3 Å². The van der Waals surface area contributed by atoms with E-state index in [1.54, 1.807) is 0 Å².